The third kappa shape index (κ3) is 3.53. The molecule has 0 saturated heterocycles. The SMILES string of the molecule is O=C(NC[C@@H]1CCc2nc(C(F)(F)F)cn2C1)c1ccncc1Cl. The van der Waals surface area contributed by atoms with E-state index < -0.39 is 11.9 Å². The molecule has 0 aliphatic carbocycles. The quantitative estimate of drug-likeness (QED) is 0.917. The number of fused-ring (bicyclic) bond motifs is 1. The molecule has 3 rings (SSSR count). The normalized spacial score (nSPS) is 17.4. The number of imidazole rings is 1. The van der Waals surface area contributed by atoms with Gasteiger partial charge in [0.05, 0.1) is 10.6 Å². The van der Waals surface area contributed by atoms with Crippen molar-refractivity contribution in [3.05, 3.63) is 46.8 Å². The predicted octanol–water partition coefficient (Wildman–Crippen LogP) is 2.94. The summed E-state index contributed by atoms with van der Waals surface area (Å²) in [6, 6.07) is 1.52. The monoisotopic (exact) mass is 358 g/mol. The zero-order chi connectivity index (χ0) is 17.3. The zero-order valence-electron chi connectivity index (χ0n) is 12.5. The fourth-order valence-electron chi connectivity index (χ4n) is 2.71. The number of halogens is 4. The van der Waals surface area contributed by atoms with Gasteiger partial charge in [0.25, 0.3) is 5.91 Å². The molecular formula is C15H14ClF3N4O. The van der Waals surface area contributed by atoms with Gasteiger partial charge in [0.15, 0.2) is 5.69 Å². The topological polar surface area (TPSA) is 59.8 Å². The van der Waals surface area contributed by atoms with Gasteiger partial charge in [-0.2, -0.15) is 13.2 Å². The second kappa shape index (κ2) is 6.43. The molecule has 1 amide bonds. The van der Waals surface area contributed by atoms with Crippen LogP contribution in [0.1, 0.15) is 28.3 Å². The lowest BCUT2D eigenvalue weighted by molar-refractivity contribution is -0.141. The minimum atomic E-state index is -4.44. The first-order chi connectivity index (χ1) is 11.3. The maximum atomic E-state index is 12.7. The van der Waals surface area contributed by atoms with Crippen molar-refractivity contribution in [1.29, 1.82) is 0 Å². The van der Waals surface area contributed by atoms with Gasteiger partial charge in [-0.25, -0.2) is 4.98 Å². The van der Waals surface area contributed by atoms with Crippen LogP contribution in [0, 0.1) is 5.92 Å². The summed E-state index contributed by atoms with van der Waals surface area (Å²) in [5.74, 6) is 0.147. The number of aromatic nitrogens is 3. The smallest absolute Gasteiger partial charge is 0.352 e. The molecule has 0 aromatic carbocycles. The van der Waals surface area contributed by atoms with Crippen molar-refractivity contribution in [2.24, 2.45) is 5.92 Å². The lowest BCUT2D eigenvalue weighted by Gasteiger charge is -2.23. The Morgan fingerprint density at radius 3 is 2.96 bits per heavy atom. The van der Waals surface area contributed by atoms with E-state index in [9.17, 15) is 18.0 Å². The van der Waals surface area contributed by atoms with Crippen molar-refractivity contribution in [3.8, 4) is 0 Å². The Hall–Kier alpha value is -2.09. The molecule has 0 bridgehead atoms. The van der Waals surface area contributed by atoms with E-state index in [2.05, 4.69) is 15.3 Å². The van der Waals surface area contributed by atoms with Gasteiger partial charge in [0, 0.05) is 38.1 Å². The summed E-state index contributed by atoms with van der Waals surface area (Å²) in [5, 5.41) is 3.03. The standard InChI is InChI=1S/C15H14ClF3N4O/c16-11-6-20-4-3-10(11)14(24)21-5-9-1-2-13-22-12(15(17,18)19)8-23(13)7-9/h3-4,6,8-9H,1-2,5,7H2,(H,21,24)/t9-/m0/s1. The van der Waals surface area contributed by atoms with Crippen LogP contribution in [-0.2, 0) is 19.1 Å². The Balaban J connectivity index is 1.61. The molecule has 1 aliphatic rings. The number of nitrogens with one attached hydrogen (secondary N) is 1. The maximum Gasteiger partial charge on any atom is 0.434 e. The molecule has 24 heavy (non-hydrogen) atoms. The highest BCUT2D eigenvalue weighted by molar-refractivity contribution is 6.33. The van der Waals surface area contributed by atoms with E-state index in [-0.39, 0.29) is 16.8 Å². The van der Waals surface area contributed by atoms with Gasteiger partial charge in [-0.05, 0) is 18.4 Å². The minimum Gasteiger partial charge on any atom is -0.352 e. The number of carbonyl (C=O) groups excluding carboxylic acids is 1. The molecule has 3 heterocycles. The summed E-state index contributed by atoms with van der Waals surface area (Å²) in [4.78, 5) is 19.5. The Kier molecular flexibility index (Phi) is 4.49. The Morgan fingerprint density at radius 1 is 1.46 bits per heavy atom. The second-order valence-corrected chi connectivity index (χ2v) is 6.07. The predicted molar refractivity (Wildman–Crippen MR) is 80.6 cm³/mol. The van der Waals surface area contributed by atoms with E-state index in [1.54, 1.807) is 0 Å². The van der Waals surface area contributed by atoms with Crippen LogP contribution < -0.4 is 5.32 Å². The number of rotatable bonds is 3. The van der Waals surface area contributed by atoms with Crippen LogP contribution in [0.5, 0.6) is 0 Å². The highest BCUT2D eigenvalue weighted by atomic mass is 35.5. The van der Waals surface area contributed by atoms with E-state index in [0.717, 1.165) is 6.20 Å². The molecule has 9 heteroatoms. The molecule has 2 aromatic rings. The average molecular weight is 359 g/mol. The van der Waals surface area contributed by atoms with Gasteiger partial charge in [-0.1, -0.05) is 11.6 Å². The van der Waals surface area contributed by atoms with Crippen molar-refractivity contribution in [2.45, 2.75) is 25.6 Å². The van der Waals surface area contributed by atoms with Crippen molar-refractivity contribution in [3.63, 3.8) is 0 Å². The average Bonchev–Trinajstić information content (AvgIpc) is 2.96. The van der Waals surface area contributed by atoms with Crippen LogP contribution in [0.15, 0.2) is 24.7 Å². The first-order valence-electron chi connectivity index (χ1n) is 7.35. The van der Waals surface area contributed by atoms with Gasteiger partial charge >= 0.3 is 6.18 Å². The molecule has 1 atom stereocenters. The number of amides is 1. The van der Waals surface area contributed by atoms with Crippen molar-refractivity contribution < 1.29 is 18.0 Å². The van der Waals surface area contributed by atoms with E-state index in [0.29, 0.717) is 37.3 Å². The summed E-state index contributed by atoms with van der Waals surface area (Å²) in [6.45, 7) is 0.749. The third-order valence-electron chi connectivity index (χ3n) is 3.95. The lowest BCUT2D eigenvalue weighted by atomic mass is 9.99. The van der Waals surface area contributed by atoms with Crippen LogP contribution in [0.4, 0.5) is 13.2 Å². The number of nitrogens with zero attached hydrogens (tertiary/aromatic N) is 3. The molecule has 0 saturated carbocycles. The van der Waals surface area contributed by atoms with Gasteiger partial charge in [0.1, 0.15) is 5.82 Å². The van der Waals surface area contributed by atoms with Crippen LogP contribution in [0.2, 0.25) is 5.02 Å². The van der Waals surface area contributed by atoms with Crippen LogP contribution in [0.25, 0.3) is 0 Å². The maximum absolute atomic E-state index is 12.7. The molecule has 2 aromatic heterocycles. The number of carbonyl (C=O) groups is 1. The number of pyridine rings is 1. The van der Waals surface area contributed by atoms with Crippen LogP contribution in [0.3, 0.4) is 0 Å². The Morgan fingerprint density at radius 2 is 2.25 bits per heavy atom. The lowest BCUT2D eigenvalue weighted by Crippen LogP contribution is -2.33. The third-order valence-corrected chi connectivity index (χ3v) is 4.25. The Labute approximate surface area is 140 Å². The fraction of sp³-hybridized carbons (Fsp3) is 0.400. The van der Waals surface area contributed by atoms with E-state index in [1.165, 1.54) is 23.0 Å². The van der Waals surface area contributed by atoms with Crippen molar-refractivity contribution in [1.82, 2.24) is 19.9 Å². The summed E-state index contributed by atoms with van der Waals surface area (Å²) < 4.78 is 39.6. The molecule has 0 radical (unpaired) electrons. The van der Waals surface area contributed by atoms with E-state index >= 15 is 0 Å². The number of aryl methyl sites for hydroxylation is 1. The first kappa shape index (κ1) is 16.8. The number of hydrogen-bond acceptors (Lipinski definition) is 3. The molecule has 0 unspecified atom stereocenters. The van der Waals surface area contributed by atoms with Crippen LogP contribution in [-0.4, -0.2) is 27.0 Å². The summed E-state index contributed by atoms with van der Waals surface area (Å²) >= 11 is 5.91. The molecular weight excluding hydrogens is 345 g/mol. The van der Waals surface area contributed by atoms with Crippen molar-refractivity contribution in [2.75, 3.05) is 6.54 Å². The summed E-state index contributed by atoms with van der Waals surface area (Å²) in [7, 11) is 0. The van der Waals surface area contributed by atoms with Gasteiger partial charge < -0.3 is 9.88 Å². The molecule has 1 N–H and O–H groups in total. The van der Waals surface area contributed by atoms with Crippen molar-refractivity contribution >= 4 is 17.5 Å². The minimum absolute atomic E-state index is 0.0392. The zero-order valence-corrected chi connectivity index (χ0v) is 13.2. The van der Waals surface area contributed by atoms with E-state index in [1.807, 2.05) is 0 Å². The highest BCUT2D eigenvalue weighted by Crippen LogP contribution is 2.30. The van der Waals surface area contributed by atoms with Crippen LogP contribution >= 0.6 is 11.6 Å². The highest BCUT2D eigenvalue weighted by Gasteiger charge is 2.35. The van der Waals surface area contributed by atoms with E-state index in [4.69, 9.17) is 11.6 Å². The van der Waals surface area contributed by atoms with Gasteiger partial charge in [-0.15, -0.1) is 0 Å². The molecule has 5 nitrogen and oxygen atoms in total. The number of hydrogen-bond donors (Lipinski definition) is 1. The fourth-order valence-corrected chi connectivity index (χ4v) is 2.91. The first-order valence-corrected chi connectivity index (χ1v) is 7.73. The van der Waals surface area contributed by atoms with Gasteiger partial charge in [-0.3, -0.25) is 9.78 Å². The van der Waals surface area contributed by atoms with Gasteiger partial charge in [0.2, 0.25) is 0 Å². The molecule has 1 aliphatic heterocycles. The summed E-state index contributed by atoms with van der Waals surface area (Å²) in [6.07, 6.45) is 0.561. The molecule has 128 valence electrons. The Bertz CT molecular complexity index is 759. The second-order valence-electron chi connectivity index (χ2n) is 5.66. The number of alkyl halides is 3. The largest absolute Gasteiger partial charge is 0.434 e. The molecule has 0 spiro atoms. The molecule has 0 fully saturated rings. The summed E-state index contributed by atoms with van der Waals surface area (Å²) in [5.41, 5.74) is -0.545.